The Morgan fingerprint density at radius 3 is 2.83 bits per heavy atom. The Balaban J connectivity index is 2.32. The third-order valence-electron chi connectivity index (χ3n) is 0.554. The molecule has 1 atom stereocenters. The van der Waals surface area contributed by atoms with E-state index >= 15 is 0 Å². The van der Waals surface area contributed by atoms with Crippen LogP contribution in [-0.4, -0.2) is 5.50 Å². The summed E-state index contributed by atoms with van der Waals surface area (Å²) in [6.07, 6.45) is 1.84. The van der Waals surface area contributed by atoms with E-state index in [4.69, 9.17) is 5.73 Å². The molecule has 2 nitrogen and oxygen atoms in total. The van der Waals surface area contributed by atoms with Gasteiger partial charge in [-0.2, -0.15) is 0 Å². The van der Waals surface area contributed by atoms with Gasteiger partial charge in [0.2, 0.25) is 0 Å². The maximum atomic E-state index is 5.32. The molecule has 0 amide bonds. The molecule has 34 valence electrons. The Hall–Kier alpha value is -0.150. The molecule has 0 saturated heterocycles. The van der Waals surface area contributed by atoms with Gasteiger partial charge in [0, 0.05) is 6.20 Å². The SMILES string of the molecule is NC1NC=CS1. The Kier molecular flexibility index (Phi) is 1.03. The lowest BCUT2D eigenvalue weighted by Gasteiger charge is -1.96. The van der Waals surface area contributed by atoms with Gasteiger partial charge >= 0.3 is 0 Å². The van der Waals surface area contributed by atoms with Crippen LogP contribution >= 0.6 is 11.8 Å². The molecule has 0 radical (unpaired) electrons. The van der Waals surface area contributed by atoms with Gasteiger partial charge in [0.1, 0.15) is 5.50 Å². The lowest BCUT2D eigenvalue weighted by Crippen LogP contribution is -2.25. The van der Waals surface area contributed by atoms with Crippen molar-refractivity contribution in [3.05, 3.63) is 11.6 Å². The van der Waals surface area contributed by atoms with E-state index in [1.54, 1.807) is 11.8 Å². The van der Waals surface area contributed by atoms with E-state index in [9.17, 15) is 0 Å². The molecule has 3 heteroatoms. The van der Waals surface area contributed by atoms with Crippen molar-refractivity contribution in [2.75, 3.05) is 0 Å². The number of hydrogen-bond acceptors (Lipinski definition) is 3. The summed E-state index contributed by atoms with van der Waals surface area (Å²) >= 11 is 1.58. The topological polar surface area (TPSA) is 38.0 Å². The summed E-state index contributed by atoms with van der Waals surface area (Å²) in [5.41, 5.74) is 5.43. The van der Waals surface area contributed by atoms with Crippen LogP contribution in [0.1, 0.15) is 0 Å². The minimum Gasteiger partial charge on any atom is -0.367 e. The van der Waals surface area contributed by atoms with Crippen LogP contribution in [0.4, 0.5) is 0 Å². The fourth-order valence-corrected chi connectivity index (χ4v) is 0.781. The van der Waals surface area contributed by atoms with Gasteiger partial charge in [-0.15, -0.1) is 0 Å². The summed E-state index contributed by atoms with van der Waals surface area (Å²) in [5, 5.41) is 4.81. The lowest BCUT2D eigenvalue weighted by atomic mass is 10.9. The molecule has 1 heterocycles. The van der Waals surface area contributed by atoms with E-state index in [0.717, 1.165) is 0 Å². The summed E-state index contributed by atoms with van der Waals surface area (Å²) in [6, 6.07) is 0. The van der Waals surface area contributed by atoms with Gasteiger partial charge in [0.15, 0.2) is 0 Å². The minimum atomic E-state index is 0.102. The summed E-state index contributed by atoms with van der Waals surface area (Å²) < 4.78 is 0. The molecule has 3 N–H and O–H groups in total. The highest BCUT2D eigenvalue weighted by molar-refractivity contribution is 8.02. The van der Waals surface area contributed by atoms with Crippen LogP contribution in [0, 0.1) is 0 Å². The third-order valence-corrected chi connectivity index (χ3v) is 1.28. The molecule has 6 heavy (non-hydrogen) atoms. The molecule has 1 aliphatic heterocycles. The average molecular weight is 102 g/mol. The summed E-state index contributed by atoms with van der Waals surface area (Å²) in [5.74, 6) is 0. The molecule has 0 aromatic heterocycles. The molecular weight excluding hydrogens is 96.1 g/mol. The highest BCUT2D eigenvalue weighted by Crippen LogP contribution is 2.08. The van der Waals surface area contributed by atoms with Gasteiger partial charge in [0.05, 0.1) is 0 Å². The Morgan fingerprint density at radius 1 is 1.83 bits per heavy atom. The van der Waals surface area contributed by atoms with Crippen LogP contribution in [0.2, 0.25) is 0 Å². The van der Waals surface area contributed by atoms with Crippen LogP contribution in [-0.2, 0) is 0 Å². The molecule has 1 unspecified atom stereocenters. The summed E-state index contributed by atoms with van der Waals surface area (Å²) in [7, 11) is 0. The van der Waals surface area contributed by atoms with Gasteiger partial charge in [-0.05, 0) is 5.41 Å². The summed E-state index contributed by atoms with van der Waals surface area (Å²) in [4.78, 5) is 0. The molecule has 1 rings (SSSR count). The normalized spacial score (nSPS) is 30.5. The van der Waals surface area contributed by atoms with Crippen molar-refractivity contribution in [1.82, 2.24) is 5.32 Å². The van der Waals surface area contributed by atoms with Gasteiger partial charge < -0.3 is 11.1 Å². The maximum absolute atomic E-state index is 5.32. The minimum absolute atomic E-state index is 0.102. The highest BCUT2D eigenvalue weighted by Gasteiger charge is 1.98. The monoisotopic (exact) mass is 102 g/mol. The van der Waals surface area contributed by atoms with Gasteiger partial charge in [-0.25, -0.2) is 0 Å². The quantitative estimate of drug-likeness (QED) is 0.453. The van der Waals surface area contributed by atoms with Gasteiger partial charge in [-0.1, -0.05) is 11.8 Å². The fraction of sp³-hybridized carbons (Fsp3) is 0.333. The first-order chi connectivity index (χ1) is 2.89. The largest absolute Gasteiger partial charge is 0.367 e. The third kappa shape index (κ3) is 0.666. The molecule has 0 fully saturated rings. The summed E-state index contributed by atoms with van der Waals surface area (Å²) in [6.45, 7) is 0. The van der Waals surface area contributed by atoms with Crippen molar-refractivity contribution < 1.29 is 0 Å². The predicted octanol–water partition coefficient (Wildman–Crippen LogP) is 0.0363. The second kappa shape index (κ2) is 1.53. The van der Waals surface area contributed by atoms with Crippen molar-refractivity contribution in [3.8, 4) is 0 Å². The van der Waals surface area contributed by atoms with Crippen molar-refractivity contribution in [2.24, 2.45) is 5.73 Å². The van der Waals surface area contributed by atoms with Crippen LogP contribution in [0.3, 0.4) is 0 Å². The number of hydrogen-bond donors (Lipinski definition) is 2. The van der Waals surface area contributed by atoms with Crippen LogP contribution in [0.25, 0.3) is 0 Å². The van der Waals surface area contributed by atoms with E-state index in [2.05, 4.69) is 5.32 Å². The Bertz CT molecular complexity index is 63.2. The average Bonchev–Trinajstić information content (AvgIpc) is 1.86. The fourth-order valence-electron chi connectivity index (χ4n) is 0.297. The van der Waals surface area contributed by atoms with Crippen LogP contribution in [0.15, 0.2) is 11.6 Å². The second-order valence-electron chi connectivity index (χ2n) is 1.03. The lowest BCUT2D eigenvalue weighted by molar-refractivity contribution is 0.837. The molecule has 1 aliphatic rings. The number of thioether (sulfide) groups is 1. The van der Waals surface area contributed by atoms with E-state index < -0.39 is 0 Å². The van der Waals surface area contributed by atoms with E-state index in [1.807, 2.05) is 11.6 Å². The zero-order chi connectivity index (χ0) is 4.41. The first-order valence-electron chi connectivity index (χ1n) is 1.72. The smallest absolute Gasteiger partial charge is 0.126 e. The van der Waals surface area contributed by atoms with E-state index in [-0.39, 0.29) is 5.50 Å². The van der Waals surface area contributed by atoms with E-state index in [0.29, 0.717) is 0 Å². The molecular formula is C3H6N2S. The second-order valence-corrected chi connectivity index (χ2v) is 2.08. The Morgan fingerprint density at radius 2 is 2.67 bits per heavy atom. The van der Waals surface area contributed by atoms with Crippen LogP contribution in [0.5, 0.6) is 0 Å². The van der Waals surface area contributed by atoms with Crippen molar-refractivity contribution in [2.45, 2.75) is 5.50 Å². The Labute approximate surface area is 40.8 Å². The highest BCUT2D eigenvalue weighted by atomic mass is 32.2. The van der Waals surface area contributed by atoms with Crippen molar-refractivity contribution >= 4 is 11.8 Å². The standard InChI is InChI=1S/C3H6N2S/c4-3-5-1-2-6-3/h1-3,5H,4H2. The molecule has 0 spiro atoms. The molecule has 0 saturated carbocycles. The molecule has 0 bridgehead atoms. The van der Waals surface area contributed by atoms with Crippen LogP contribution < -0.4 is 11.1 Å². The molecule has 0 aromatic carbocycles. The first-order valence-corrected chi connectivity index (χ1v) is 2.66. The zero-order valence-corrected chi connectivity index (χ0v) is 4.03. The molecule has 0 aromatic rings. The van der Waals surface area contributed by atoms with Gasteiger partial charge in [0.25, 0.3) is 0 Å². The first kappa shape index (κ1) is 4.02. The van der Waals surface area contributed by atoms with Crippen molar-refractivity contribution in [1.29, 1.82) is 0 Å². The number of rotatable bonds is 0. The number of nitrogens with one attached hydrogen (secondary N) is 1. The molecule has 0 aliphatic carbocycles. The zero-order valence-electron chi connectivity index (χ0n) is 3.22. The van der Waals surface area contributed by atoms with Gasteiger partial charge in [-0.3, -0.25) is 0 Å². The number of nitrogens with two attached hydrogens (primary N) is 1. The van der Waals surface area contributed by atoms with Crippen molar-refractivity contribution in [3.63, 3.8) is 0 Å². The van der Waals surface area contributed by atoms with E-state index in [1.165, 1.54) is 0 Å². The maximum Gasteiger partial charge on any atom is 0.126 e. The predicted molar refractivity (Wildman–Crippen MR) is 27.8 cm³/mol.